The first-order chi connectivity index (χ1) is 10.3. The molecule has 4 atom stereocenters. The van der Waals surface area contributed by atoms with Crippen molar-refractivity contribution in [1.82, 2.24) is 10.2 Å². The number of nitrogens with one attached hydrogen (secondary N) is 1. The van der Waals surface area contributed by atoms with E-state index in [0.717, 1.165) is 45.5 Å². The molecule has 0 radical (unpaired) electrons. The number of piperidine rings is 1. The fourth-order valence-corrected chi connectivity index (χ4v) is 4.33. The average Bonchev–Trinajstić information content (AvgIpc) is 2.55. The van der Waals surface area contributed by atoms with Gasteiger partial charge >= 0.3 is 0 Å². The maximum absolute atomic E-state index is 12.8. The van der Waals surface area contributed by atoms with Crippen LogP contribution in [0.4, 0.5) is 0 Å². The zero-order valence-electron chi connectivity index (χ0n) is 13.8. The third-order valence-corrected chi connectivity index (χ3v) is 5.69. The van der Waals surface area contributed by atoms with Crippen molar-refractivity contribution in [2.75, 3.05) is 26.2 Å². The van der Waals surface area contributed by atoms with Crippen LogP contribution in [0.1, 0.15) is 51.9 Å². The molecule has 3 fully saturated rings. The van der Waals surface area contributed by atoms with E-state index in [1.54, 1.807) is 0 Å². The van der Waals surface area contributed by atoms with E-state index in [2.05, 4.69) is 17.1 Å². The number of halogens is 1. The van der Waals surface area contributed by atoms with Crippen LogP contribution < -0.4 is 5.32 Å². The van der Waals surface area contributed by atoms with E-state index >= 15 is 0 Å². The Hall–Kier alpha value is -0.320. The van der Waals surface area contributed by atoms with E-state index < -0.39 is 0 Å². The van der Waals surface area contributed by atoms with Crippen LogP contribution in [0.15, 0.2) is 0 Å². The van der Waals surface area contributed by atoms with E-state index in [-0.39, 0.29) is 12.4 Å². The van der Waals surface area contributed by atoms with Crippen LogP contribution >= 0.6 is 12.4 Å². The van der Waals surface area contributed by atoms with Crippen LogP contribution in [0, 0.1) is 11.8 Å². The third-order valence-electron chi connectivity index (χ3n) is 5.69. The lowest BCUT2D eigenvalue weighted by molar-refractivity contribution is -0.150. The molecule has 2 saturated heterocycles. The van der Waals surface area contributed by atoms with Crippen molar-refractivity contribution in [3.63, 3.8) is 0 Å². The number of amides is 1. The summed E-state index contributed by atoms with van der Waals surface area (Å²) < 4.78 is 5.88. The van der Waals surface area contributed by atoms with Crippen molar-refractivity contribution in [3.05, 3.63) is 0 Å². The molecule has 5 heteroatoms. The molecule has 3 rings (SSSR count). The Morgan fingerprint density at radius 1 is 1.27 bits per heavy atom. The maximum atomic E-state index is 12.8. The summed E-state index contributed by atoms with van der Waals surface area (Å²) in [6.07, 6.45) is 8.33. The van der Waals surface area contributed by atoms with Gasteiger partial charge in [-0.15, -0.1) is 12.4 Å². The Bertz CT molecular complexity index is 359. The predicted octanol–water partition coefficient (Wildman–Crippen LogP) is 2.60. The first-order valence-corrected chi connectivity index (χ1v) is 8.87. The second-order valence-corrected chi connectivity index (χ2v) is 7.14. The first-order valence-electron chi connectivity index (χ1n) is 8.87. The summed E-state index contributed by atoms with van der Waals surface area (Å²) >= 11 is 0. The lowest BCUT2D eigenvalue weighted by Gasteiger charge is -2.44. The molecule has 2 heterocycles. The standard InChI is InChI=1S/C17H30N2O2.ClH/c1-13(14-5-4-8-18-12-14)11-17(20)19-9-10-21-16-7-3-2-6-15(16)19;/h13-16,18H,2-12H2,1H3;1H. The summed E-state index contributed by atoms with van der Waals surface area (Å²) in [7, 11) is 0. The Balaban J connectivity index is 0.00000176. The van der Waals surface area contributed by atoms with Gasteiger partial charge in [0.05, 0.1) is 18.8 Å². The largest absolute Gasteiger partial charge is 0.374 e. The number of rotatable bonds is 3. The van der Waals surface area contributed by atoms with E-state index in [4.69, 9.17) is 4.74 Å². The number of morpholine rings is 1. The first kappa shape index (κ1) is 18.0. The van der Waals surface area contributed by atoms with Crippen LogP contribution in [0.5, 0.6) is 0 Å². The normalized spacial score (nSPS) is 33.5. The van der Waals surface area contributed by atoms with E-state index in [0.29, 0.717) is 29.9 Å². The molecule has 1 saturated carbocycles. The smallest absolute Gasteiger partial charge is 0.223 e. The molecule has 3 aliphatic rings. The van der Waals surface area contributed by atoms with Gasteiger partial charge in [0.25, 0.3) is 0 Å². The van der Waals surface area contributed by atoms with Gasteiger partial charge in [-0.25, -0.2) is 0 Å². The van der Waals surface area contributed by atoms with Crippen LogP contribution in [0.2, 0.25) is 0 Å². The predicted molar refractivity (Wildman–Crippen MR) is 90.3 cm³/mol. The van der Waals surface area contributed by atoms with Crippen LogP contribution in [-0.4, -0.2) is 49.2 Å². The number of fused-ring (bicyclic) bond motifs is 1. The number of carbonyl (C=O) groups is 1. The molecule has 0 aromatic heterocycles. The molecule has 128 valence electrons. The minimum Gasteiger partial charge on any atom is -0.374 e. The molecule has 4 nitrogen and oxygen atoms in total. The third kappa shape index (κ3) is 4.15. The fourth-order valence-electron chi connectivity index (χ4n) is 4.33. The van der Waals surface area contributed by atoms with E-state index in [1.165, 1.54) is 25.7 Å². The van der Waals surface area contributed by atoms with Gasteiger partial charge in [-0.05, 0) is 50.6 Å². The average molecular weight is 331 g/mol. The fraction of sp³-hybridized carbons (Fsp3) is 0.941. The number of ether oxygens (including phenoxy) is 1. The quantitative estimate of drug-likeness (QED) is 0.865. The molecule has 0 spiro atoms. The topological polar surface area (TPSA) is 41.6 Å². The molecule has 0 bridgehead atoms. The molecule has 1 aliphatic carbocycles. The van der Waals surface area contributed by atoms with Gasteiger partial charge < -0.3 is 15.0 Å². The minimum atomic E-state index is 0. The van der Waals surface area contributed by atoms with Crippen LogP contribution in [0.3, 0.4) is 0 Å². The van der Waals surface area contributed by atoms with Crippen LogP contribution in [0.25, 0.3) is 0 Å². The molecule has 2 aliphatic heterocycles. The van der Waals surface area contributed by atoms with Gasteiger partial charge in [-0.1, -0.05) is 19.8 Å². The Kier molecular flexibility index (Phi) is 6.97. The lowest BCUT2D eigenvalue weighted by Crippen LogP contribution is -2.55. The molecule has 1 amide bonds. The molecule has 1 N–H and O–H groups in total. The summed E-state index contributed by atoms with van der Waals surface area (Å²) in [4.78, 5) is 14.9. The molecule has 0 aromatic carbocycles. The van der Waals surface area contributed by atoms with Gasteiger partial charge in [0.15, 0.2) is 0 Å². The van der Waals surface area contributed by atoms with Gasteiger partial charge in [0, 0.05) is 13.0 Å². The Labute approximate surface area is 140 Å². The summed E-state index contributed by atoms with van der Waals surface area (Å²) in [5, 5.41) is 3.47. The van der Waals surface area contributed by atoms with Crippen molar-refractivity contribution in [2.45, 2.75) is 64.0 Å². The number of nitrogens with zero attached hydrogens (tertiary/aromatic N) is 1. The maximum Gasteiger partial charge on any atom is 0.223 e. The SMILES string of the molecule is CC(CC(=O)N1CCOC2CCCCC21)C1CCCNC1.Cl. The number of hydrogen-bond donors (Lipinski definition) is 1. The molecular formula is C17H31ClN2O2. The van der Waals surface area contributed by atoms with E-state index in [9.17, 15) is 4.79 Å². The second-order valence-electron chi connectivity index (χ2n) is 7.14. The summed E-state index contributed by atoms with van der Waals surface area (Å²) in [6.45, 7) is 6.02. The highest BCUT2D eigenvalue weighted by molar-refractivity contribution is 5.85. The Morgan fingerprint density at radius 3 is 2.86 bits per heavy atom. The van der Waals surface area contributed by atoms with Crippen molar-refractivity contribution in [3.8, 4) is 0 Å². The second kappa shape index (κ2) is 8.51. The van der Waals surface area contributed by atoms with Crippen LogP contribution in [-0.2, 0) is 9.53 Å². The summed E-state index contributed by atoms with van der Waals surface area (Å²) in [5.41, 5.74) is 0. The monoisotopic (exact) mass is 330 g/mol. The van der Waals surface area contributed by atoms with Crippen molar-refractivity contribution in [1.29, 1.82) is 0 Å². The minimum absolute atomic E-state index is 0. The van der Waals surface area contributed by atoms with Gasteiger partial charge in [0.1, 0.15) is 0 Å². The van der Waals surface area contributed by atoms with Gasteiger partial charge in [-0.2, -0.15) is 0 Å². The van der Waals surface area contributed by atoms with Crippen molar-refractivity contribution in [2.24, 2.45) is 11.8 Å². The zero-order chi connectivity index (χ0) is 14.7. The zero-order valence-corrected chi connectivity index (χ0v) is 14.6. The highest BCUT2D eigenvalue weighted by atomic mass is 35.5. The molecule has 0 aromatic rings. The van der Waals surface area contributed by atoms with Gasteiger partial charge in [0.2, 0.25) is 5.91 Å². The number of carbonyl (C=O) groups excluding carboxylic acids is 1. The van der Waals surface area contributed by atoms with Gasteiger partial charge in [-0.3, -0.25) is 4.79 Å². The summed E-state index contributed by atoms with van der Waals surface area (Å²) in [6, 6.07) is 0.358. The van der Waals surface area contributed by atoms with E-state index in [1.807, 2.05) is 0 Å². The molecular weight excluding hydrogens is 300 g/mol. The highest BCUT2D eigenvalue weighted by Gasteiger charge is 2.37. The highest BCUT2D eigenvalue weighted by Crippen LogP contribution is 2.30. The number of hydrogen-bond acceptors (Lipinski definition) is 3. The summed E-state index contributed by atoms with van der Waals surface area (Å²) in [5.74, 6) is 1.54. The Morgan fingerprint density at radius 2 is 2.09 bits per heavy atom. The van der Waals surface area contributed by atoms with Crippen molar-refractivity contribution >= 4 is 18.3 Å². The molecule has 22 heavy (non-hydrogen) atoms. The van der Waals surface area contributed by atoms with Crippen molar-refractivity contribution < 1.29 is 9.53 Å². The lowest BCUT2D eigenvalue weighted by atomic mass is 9.84. The molecule has 4 unspecified atom stereocenters.